The third-order valence-corrected chi connectivity index (χ3v) is 8.36. The molecule has 0 N–H and O–H groups in total. The average Bonchev–Trinajstić information content (AvgIpc) is 2.97. The van der Waals surface area contributed by atoms with Crippen LogP contribution in [0.25, 0.3) is 22.9 Å². The van der Waals surface area contributed by atoms with Crippen molar-refractivity contribution in [1.82, 2.24) is 4.90 Å². The summed E-state index contributed by atoms with van der Waals surface area (Å²) >= 11 is 0. The van der Waals surface area contributed by atoms with E-state index in [-0.39, 0.29) is 5.41 Å². The van der Waals surface area contributed by atoms with E-state index in [4.69, 9.17) is 0 Å². The molecule has 0 aliphatic rings. The molecule has 0 amide bonds. The molecule has 1 heteroatoms. The third kappa shape index (κ3) is 6.74. The van der Waals surface area contributed by atoms with Crippen LogP contribution in [0.3, 0.4) is 0 Å². The minimum atomic E-state index is -0.102. The van der Waals surface area contributed by atoms with E-state index in [0.29, 0.717) is 0 Å². The SMILES string of the molecule is C=Cc1ccc(Cc2ccc(C(C)(C)c3ccc(Cc4ccc(C(=C)C)c(C(=C)C)c4)cc3)cc2)cc1C(=C)N(C)C. The molecule has 214 valence electrons. The van der Waals surface area contributed by atoms with Crippen LogP contribution in [0.2, 0.25) is 0 Å². The number of nitrogens with zero attached hydrogens (tertiary/aromatic N) is 1. The Labute approximate surface area is 254 Å². The van der Waals surface area contributed by atoms with Gasteiger partial charge in [0.2, 0.25) is 0 Å². The Morgan fingerprint density at radius 1 is 0.619 bits per heavy atom. The van der Waals surface area contributed by atoms with Crippen molar-refractivity contribution in [3.05, 3.63) is 167 Å². The Morgan fingerprint density at radius 3 is 1.48 bits per heavy atom. The fourth-order valence-corrected chi connectivity index (χ4v) is 5.53. The van der Waals surface area contributed by atoms with Crippen LogP contribution in [0.5, 0.6) is 0 Å². The zero-order valence-electron chi connectivity index (χ0n) is 26.4. The van der Waals surface area contributed by atoms with E-state index in [1.165, 1.54) is 44.5 Å². The molecule has 0 heterocycles. The van der Waals surface area contributed by atoms with E-state index in [1.807, 2.05) is 20.2 Å². The largest absolute Gasteiger partial charge is 0.378 e. The summed E-state index contributed by atoms with van der Waals surface area (Å²) in [5, 5.41) is 0. The van der Waals surface area contributed by atoms with Gasteiger partial charge in [0.05, 0.1) is 0 Å². The van der Waals surface area contributed by atoms with Crippen LogP contribution in [0, 0.1) is 0 Å². The van der Waals surface area contributed by atoms with Gasteiger partial charge in [-0.3, -0.25) is 0 Å². The highest BCUT2D eigenvalue weighted by molar-refractivity contribution is 5.77. The normalized spacial score (nSPS) is 11.2. The summed E-state index contributed by atoms with van der Waals surface area (Å²) in [5.74, 6) is 0. The topological polar surface area (TPSA) is 3.24 Å². The molecule has 0 spiro atoms. The molecule has 4 rings (SSSR count). The van der Waals surface area contributed by atoms with Crippen LogP contribution in [-0.2, 0) is 18.3 Å². The van der Waals surface area contributed by atoms with Crippen LogP contribution < -0.4 is 0 Å². The predicted octanol–water partition coefficient (Wildman–Crippen LogP) is 10.4. The van der Waals surface area contributed by atoms with E-state index in [0.717, 1.165) is 40.8 Å². The predicted molar refractivity (Wildman–Crippen MR) is 186 cm³/mol. The third-order valence-electron chi connectivity index (χ3n) is 8.36. The summed E-state index contributed by atoms with van der Waals surface area (Å²) in [6, 6.07) is 31.4. The number of hydrogen-bond acceptors (Lipinski definition) is 1. The second-order valence-corrected chi connectivity index (χ2v) is 12.3. The summed E-state index contributed by atoms with van der Waals surface area (Å²) < 4.78 is 0. The molecule has 0 fully saturated rings. The molecule has 0 radical (unpaired) electrons. The highest BCUT2D eigenvalue weighted by Crippen LogP contribution is 2.33. The molecule has 0 saturated heterocycles. The Hall–Kier alpha value is -4.36. The lowest BCUT2D eigenvalue weighted by atomic mass is 9.77. The Bertz CT molecular complexity index is 1630. The zero-order chi connectivity index (χ0) is 30.6. The van der Waals surface area contributed by atoms with Crippen molar-refractivity contribution in [2.24, 2.45) is 0 Å². The van der Waals surface area contributed by atoms with E-state index < -0.39 is 0 Å². The molecular formula is C41H45N. The molecule has 0 bridgehead atoms. The van der Waals surface area contributed by atoms with Gasteiger partial charge in [-0.1, -0.05) is 136 Å². The number of allylic oxidation sites excluding steroid dienone is 2. The van der Waals surface area contributed by atoms with Crippen molar-refractivity contribution < 1.29 is 0 Å². The first-order chi connectivity index (χ1) is 19.9. The monoisotopic (exact) mass is 551 g/mol. The lowest BCUT2D eigenvalue weighted by Crippen LogP contribution is -2.18. The number of hydrogen-bond donors (Lipinski definition) is 0. The Balaban J connectivity index is 1.49. The van der Waals surface area contributed by atoms with Gasteiger partial charge in [0.25, 0.3) is 0 Å². The molecular weight excluding hydrogens is 506 g/mol. The highest BCUT2D eigenvalue weighted by Gasteiger charge is 2.23. The lowest BCUT2D eigenvalue weighted by Gasteiger charge is -2.26. The fourth-order valence-electron chi connectivity index (χ4n) is 5.53. The van der Waals surface area contributed by atoms with Gasteiger partial charge in [-0.2, -0.15) is 0 Å². The summed E-state index contributed by atoms with van der Waals surface area (Å²) in [7, 11) is 4.05. The smallest absolute Gasteiger partial charge is 0.0367 e. The van der Waals surface area contributed by atoms with E-state index in [2.05, 4.69) is 144 Å². The van der Waals surface area contributed by atoms with Gasteiger partial charge in [-0.05, 0) is 82.8 Å². The molecule has 4 aromatic carbocycles. The maximum Gasteiger partial charge on any atom is 0.0367 e. The van der Waals surface area contributed by atoms with Crippen LogP contribution in [0.15, 0.2) is 111 Å². The first-order valence-corrected chi connectivity index (χ1v) is 14.7. The molecule has 1 nitrogen and oxygen atoms in total. The minimum Gasteiger partial charge on any atom is -0.378 e. The van der Waals surface area contributed by atoms with Crippen LogP contribution >= 0.6 is 0 Å². The summed E-state index contributed by atoms with van der Waals surface area (Å²) in [4.78, 5) is 2.05. The van der Waals surface area contributed by atoms with Crippen LogP contribution in [0.1, 0.15) is 83.3 Å². The minimum absolute atomic E-state index is 0.102. The van der Waals surface area contributed by atoms with Crippen molar-refractivity contribution in [2.75, 3.05) is 14.1 Å². The van der Waals surface area contributed by atoms with E-state index in [9.17, 15) is 0 Å². The summed E-state index contributed by atoms with van der Waals surface area (Å²) in [6.45, 7) is 25.3. The van der Waals surface area contributed by atoms with E-state index >= 15 is 0 Å². The van der Waals surface area contributed by atoms with Crippen LogP contribution in [0.4, 0.5) is 0 Å². The zero-order valence-corrected chi connectivity index (χ0v) is 26.4. The summed E-state index contributed by atoms with van der Waals surface area (Å²) in [5.41, 5.74) is 15.4. The molecule has 0 aliphatic carbocycles. The van der Waals surface area contributed by atoms with Gasteiger partial charge in [0, 0.05) is 30.8 Å². The first kappa shape index (κ1) is 30.6. The Kier molecular flexibility index (Phi) is 9.22. The molecule has 42 heavy (non-hydrogen) atoms. The van der Waals surface area contributed by atoms with Gasteiger partial charge in [-0.15, -0.1) is 0 Å². The second kappa shape index (κ2) is 12.7. The van der Waals surface area contributed by atoms with Gasteiger partial charge in [0.15, 0.2) is 0 Å². The number of benzene rings is 4. The van der Waals surface area contributed by atoms with Crippen molar-refractivity contribution in [3.63, 3.8) is 0 Å². The van der Waals surface area contributed by atoms with E-state index in [1.54, 1.807) is 0 Å². The number of rotatable bonds is 11. The first-order valence-electron chi connectivity index (χ1n) is 14.7. The molecule has 0 aromatic heterocycles. The quantitative estimate of drug-likeness (QED) is 0.179. The van der Waals surface area contributed by atoms with Crippen molar-refractivity contribution in [3.8, 4) is 0 Å². The summed E-state index contributed by atoms with van der Waals surface area (Å²) in [6.07, 6.45) is 3.67. The fraction of sp³-hybridized carbons (Fsp3) is 0.220. The maximum absolute atomic E-state index is 4.27. The molecule has 0 unspecified atom stereocenters. The van der Waals surface area contributed by atoms with Crippen molar-refractivity contribution >= 4 is 22.9 Å². The lowest BCUT2D eigenvalue weighted by molar-refractivity contribution is 0.593. The molecule has 0 aliphatic heterocycles. The van der Waals surface area contributed by atoms with Gasteiger partial charge in [0.1, 0.15) is 0 Å². The van der Waals surface area contributed by atoms with Gasteiger partial charge >= 0.3 is 0 Å². The van der Waals surface area contributed by atoms with Crippen molar-refractivity contribution in [2.45, 2.75) is 46.0 Å². The second-order valence-electron chi connectivity index (χ2n) is 12.3. The Morgan fingerprint density at radius 2 is 1.05 bits per heavy atom. The molecule has 4 aromatic rings. The standard InChI is InChI=1S/C41H45N/c1-11-35-18-12-33(27-40(35)30(6)42(9)10)24-31-13-19-36(20-14-31)41(7,8)37-21-15-32(16-22-37)25-34-17-23-38(28(2)3)39(26-34)29(4)5/h11-23,26-27H,1-2,4,6,24-25H2,3,5,7-10H3. The van der Waals surface area contributed by atoms with Gasteiger partial charge < -0.3 is 4.90 Å². The van der Waals surface area contributed by atoms with Gasteiger partial charge in [-0.25, -0.2) is 0 Å². The average molecular weight is 552 g/mol. The van der Waals surface area contributed by atoms with Crippen molar-refractivity contribution in [1.29, 1.82) is 0 Å². The molecule has 0 saturated carbocycles. The van der Waals surface area contributed by atoms with Crippen LogP contribution in [-0.4, -0.2) is 19.0 Å². The molecule has 0 atom stereocenters. The maximum atomic E-state index is 4.27. The highest BCUT2D eigenvalue weighted by atomic mass is 15.1.